The van der Waals surface area contributed by atoms with Crippen LogP contribution in [0, 0.1) is 30.3 Å². The van der Waals surface area contributed by atoms with E-state index >= 15 is 0 Å². The number of non-ortho nitro benzene ring substituents is 1. The molecule has 26 heavy (non-hydrogen) atoms. The maximum absolute atomic E-state index is 11.5. The molecule has 0 aliphatic carbocycles. The minimum atomic E-state index is -0.698. The first-order valence-electron chi connectivity index (χ1n) is 7.49. The largest absolute Gasteiger partial charge is 0.344 e. The van der Waals surface area contributed by atoms with Crippen molar-refractivity contribution < 1.29 is 14.8 Å². The Morgan fingerprint density at radius 3 is 1.62 bits per heavy atom. The lowest BCUT2D eigenvalue weighted by Gasteiger charge is -2.19. The summed E-state index contributed by atoms with van der Waals surface area (Å²) in [6.07, 6.45) is 0. The lowest BCUT2D eigenvalue weighted by Crippen LogP contribution is -2.13. The van der Waals surface area contributed by atoms with E-state index in [-0.39, 0.29) is 17.1 Å². The van der Waals surface area contributed by atoms with Crippen molar-refractivity contribution >= 4 is 28.4 Å². The first-order chi connectivity index (χ1) is 12.0. The molecule has 2 aromatic rings. The number of hydrogen-bond donors (Lipinski definition) is 1. The summed E-state index contributed by atoms with van der Waals surface area (Å²) in [5.41, 5.74) is -1.15. The van der Waals surface area contributed by atoms with Gasteiger partial charge in [-0.3, -0.25) is 30.3 Å². The fraction of sp³-hybridized carbons (Fsp3) is 0.250. The summed E-state index contributed by atoms with van der Waals surface area (Å²) in [4.78, 5) is 31.6. The molecule has 0 fully saturated rings. The quantitative estimate of drug-likeness (QED) is 0.613. The van der Waals surface area contributed by atoms with Crippen LogP contribution in [0.25, 0.3) is 0 Å². The van der Waals surface area contributed by atoms with Gasteiger partial charge in [0.05, 0.1) is 14.8 Å². The average molecular weight is 360 g/mol. The van der Waals surface area contributed by atoms with E-state index < -0.39 is 31.6 Å². The van der Waals surface area contributed by atoms with Gasteiger partial charge in [0.25, 0.3) is 17.1 Å². The van der Waals surface area contributed by atoms with E-state index in [2.05, 4.69) is 5.32 Å². The summed E-state index contributed by atoms with van der Waals surface area (Å²) in [6, 6.07) is 7.63. The monoisotopic (exact) mass is 360 g/mol. The van der Waals surface area contributed by atoms with Crippen LogP contribution in [-0.2, 0) is 5.41 Å². The number of benzene rings is 2. The van der Waals surface area contributed by atoms with E-state index in [1.807, 2.05) is 0 Å². The zero-order valence-electron chi connectivity index (χ0n) is 14.3. The lowest BCUT2D eigenvalue weighted by molar-refractivity contribution is -0.392. The summed E-state index contributed by atoms with van der Waals surface area (Å²) >= 11 is 0. The maximum atomic E-state index is 11.5. The lowest BCUT2D eigenvalue weighted by atomic mass is 9.86. The molecule has 0 atom stereocenters. The normalized spacial score (nSPS) is 11.0. The third-order valence-corrected chi connectivity index (χ3v) is 3.70. The number of hydrogen-bond acceptors (Lipinski definition) is 7. The van der Waals surface area contributed by atoms with Crippen molar-refractivity contribution in [2.45, 2.75) is 26.2 Å². The van der Waals surface area contributed by atoms with E-state index in [0.29, 0.717) is 5.56 Å². The molecule has 0 heterocycles. The van der Waals surface area contributed by atoms with Crippen molar-refractivity contribution in [2.75, 3.05) is 5.32 Å². The van der Waals surface area contributed by atoms with E-state index in [1.165, 1.54) is 36.4 Å². The molecule has 0 amide bonds. The van der Waals surface area contributed by atoms with Crippen molar-refractivity contribution in [1.29, 1.82) is 0 Å². The van der Waals surface area contributed by atoms with Crippen LogP contribution in [0.5, 0.6) is 0 Å². The minimum Gasteiger partial charge on any atom is -0.344 e. The Balaban J connectivity index is 2.60. The number of nitro groups is 3. The highest BCUT2D eigenvalue weighted by atomic mass is 16.6. The van der Waals surface area contributed by atoms with Crippen LogP contribution >= 0.6 is 0 Å². The highest BCUT2D eigenvalue weighted by Gasteiger charge is 2.30. The Hall–Kier alpha value is -3.56. The molecule has 1 N–H and O–H groups in total. The molecule has 0 saturated heterocycles. The van der Waals surface area contributed by atoms with Crippen molar-refractivity contribution in [3.8, 4) is 0 Å². The molecule has 2 rings (SSSR count). The fourth-order valence-corrected chi connectivity index (χ4v) is 2.27. The molecule has 2 aromatic carbocycles. The highest BCUT2D eigenvalue weighted by Crippen LogP contribution is 2.40. The summed E-state index contributed by atoms with van der Waals surface area (Å²) < 4.78 is 0. The molecule has 10 nitrogen and oxygen atoms in total. The maximum Gasteiger partial charge on any atom is 0.300 e. The average Bonchev–Trinajstić information content (AvgIpc) is 2.53. The van der Waals surface area contributed by atoms with Gasteiger partial charge in [-0.15, -0.1) is 0 Å². The predicted molar refractivity (Wildman–Crippen MR) is 94.8 cm³/mol. The predicted octanol–water partition coefficient (Wildman–Crippen LogP) is 4.45. The Morgan fingerprint density at radius 2 is 1.27 bits per heavy atom. The molecule has 136 valence electrons. The third-order valence-electron chi connectivity index (χ3n) is 3.70. The van der Waals surface area contributed by atoms with Gasteiger partial charge >= 0.3 is 0 Å². The van der Waals surface area contributed by atoms with Gasteiger partial charge < -0.3 is 5.32 Å². The van der Waals surface area contributed by atoms with Gasteiger partial charge in [0.2, 0.25) is 0 Å². The van der Waals surface area contributed by atoms with Crippen LogP contribution in [-0.4, -0.2) is 14.8 Å². The minimum absolute atomic E-state index is 0.164. The second-order valence-electron chi connectivity index (χ2n) is 6.58. The van der Waals surface area contributed by atoms with E-state index in [4.69, 9.17) is 0 Å². The van der Waals surface area contributed by atoms with Crippen molar-refractivity contribution in [3.05, 3.63) is 72.3 Å². The molecule has 0 spiro atoms. The molecule has 0 aromatic heterocycles. The van der Waals surface area contributed by atoms with Crippen molar-refractivity contribution in [3.63, 3.8) is 0 Å². The van der Waals surface area contributed by atoms with Gasteiger partial charge in [0.1, 0.15) is 0 Å². The summed E-state index contributed by atoms with van der Waals surface area (Å²) in [5, 5.41) is 36.3. The van der Waals surface area contributed by atoms with Crippen LogP contribution < -0.4 is 5.32 Å². The molecule has 0 radical (unpaired) electrons. The van der Waals surface area contributed by atoms with E-state index in [0.717, 1.165) is 0 Å². The topological polar surface area (TPSA) is 141 Å². The molecule has 0 aliphatic rings. The molecule has 0 aliphatic heterocycles. The summed E-state index contributed by atoms with van der Waals surface area (Å²) in [7, 11) is 0. The van der Waals surface area contributed by atoms with Gasteiger partial charge in [0.15, 0.2) is 5.69 Å². The van der Waals surface area contributed by atoms with Crippen LogP contribution in [0.15, 0.2) is 36.4 Å². The number of anilines is 2. The first-order valence-corrected chi connectivity index (χ1v) is 7.49. The molecule has 0 saturated carbocycles. The highest BCUT2D eigenvalue weighted by molar-refractivity contribution is 5.80. The molecule has 0 unspecified atom stereocenters. The number of nitrogens with zero attached hydrogens (tertiary/aromatic N) is 3. The van der Waals surface area contributed by atoms with Crippen molar-refractivity contribution in [1.82, 2.24) is 0 Å². The number of nitrogens with one attached hydrogen (secondary N) is 1. The second kappa shape index (κ2) is 6.75. The van der Waals surface area contributed by atoms with Crippen LogP contribution in [0.3, 0.4) is 0 Å². The smallest absolute Gasteiger partial charge is 0.300 e. The van der Waals surface area contributed by atoms with Gasteiger partial charge in [-0.05, 0) is 23.1 Å². The van der Waals surface area contributed by atoms with Crippen LogP contribution in [0.1, 0.15) is 26.3 Å². The van der Waals surface area contributed by atoms with Gasteiger partial charge in [-0.25, -0.2) is 0 Å². The molecular formula is C16H16N4O6. The van der Waals surface area contributed by atoms with E-state index in [9.17, 15) is 30.3 Å². The Labute approximate surface area is 147 Å². The zero-order chi connectivity index (χ0) is 19.6. The summed E-state index contributed by atoms with van der Waals surface area (Å²) in [6.45, 7) is 5.37. The SMILES string of the molecule is CC(C)(C)c1cc([N+](=O)[O-])c(Nc2ccc([N+](=O)[O-])cc2)c([N+](=O)[O-])c1. The standard InChI is InChI=1S/C16H16N4O6/c1-16(2,3)10-8-13(19(23)24)15(14(9-10)20(25)26)17-11-4-6-12(7-5-11)18(21)22/h4-9,17H,1-3H3. The molecule has 0 bridgehead atoms. The molecular weight excluding hydrogens is 344 g/mol. The Kier molecular flexibility index (Phi) is 4.87. The third kappa shape index (κ3) is 3.91. The van der Waals surface area contributed by atoms with Gasteiger partial charge in [-0.2, -0.15) is 0 Å². The Bertz CT molecular complexity index is 852. The van der Waals surface area contributed by atoms with Crippen LogP contribution in [0.2, 0.25) is 0 Å². The zero-order valence-corrected chi connectivity index (χ0v) is 14.3. The second-order valence-corrected chi connectivity index (χ2v) is 6.58. The number of nitro benzene ring substituents is 3. The van der Waals surface area contributed by atoms with Gasteiger partial charge in [-0.1, -0.05) is 20.8 Å². The fourth-order valence-electron chi connectivity index (χ4n) is 2.27. The first kappa shape index (κ1) is 18.8. The Morgan fingerprint density at radius 1 is 0.808 bits per heavy atom. The van der Waals surface area contributed by atoms with Crippen LogP contribution in [0.4, 0.5) is 28.4 Å². The number of rotatable bonds is 5. The van der Waals surface area contributed by atoms with Gasteiger partial charge in [0, 0.05) is 30.0 Å². The van der Waals surface area contributed by atoms with Crippen molar-refractivity contribution in [2.24, 2.45) is 0 Å². The van der Waals surface area contributed by atoms with E-state index in [1.54, 1.807) is 20.8 Å². The summed E-state index contributed by atoms with van der Waals surface area (Å²) in [5.74, 6) is 0. The molecule has 10 heteroatoms.